The van der Waals surface area contributed by atoms with Gasteiger partial charge in [0.25, 0.3) is 0 Å². The lowest BCUT2D eigenvalue weighted by Gasteiger charge is -2.45. The van der Waals surface area contributed by atoms with Gasteiger partial charge in [-0.15, -0.1) is 0 Å². The van der Waals surface area contributed by atoms with Crippen molar-refractivity contribution < 1.29 is 14.3 Å². The zero-order chi connectivity index (χ0) is 19.1. The van der Waals surface area contributed by atoms with Gasteiger partial charge in [0.2, 0.25) is 11.8 Å². The van der Waals surface area contributed by atoms with E-state index in [9.17, 15) is 9.59 Å². The molecule has 2 heterocycles. The SMILES string of the molecule is COc1ccc(C2(C(=O)N3CCC4(CC3)C(=O)NCCCN4C)CC2)cc1. The fourth-order valence-electron chi connectivity index (χ4n) is 4.72. The van der Waals surface area contributed by atoms with Gasteiger partial charge in [0.05, 0.1) is 12.5 Å². The topological polar surface area (TPSA) is 61.9 Å². The second kappa shape index (κ2) is 6.82. The number of hydrogen-bond donors (Lipinski definition) is 1. The van der Waals surface area contributed by atoms with Crippen LogP contribution in [0.2, 0.25) is 0 Å². The Morgan fingerprint density at radius 1 is 1.07 bits per heavy atom. The van der Waals surface area contributed by atoms with Crippen LogP contribution in [0.5, 0.6) is 5.75 Å². The van der Waals surface area contributed by atoms with Crippen LogP contribution in [0.1, 0.15) is 37.7 Å². The van der Waals surface area contributed by atoms with Gasteiger partial charge in [-0.2, -0.15) is 0 Å². The van der Waals surface area contributed by atoms with Gasteiger partial charge in [0.1, 0.15) is 11.3 Å². The molecule has 6 nitrogen and oxygen atoms in total. The number of amides is 2. The molecule has 27 heavy (non-hydrogen) atoms. The number of rotatable bonds is 3. The first-order valence-corrected chi connectivity index (χ1v) is 9.95. The Labute approximate surface area is 160 Å². The van der Waals surface area contributed by atoms with Gasteiger partial charge in [-0.1, -0.05) is 12.1 Å². The third kappa shape index (κ3) is 3.00. The van der Waals surface area contributed by atoms with Gasteiger partial charge in [0.15, 0.2) is 0 Å². The summed E-state index contributed by atoms with van der Waals surface area (Å²) in [5, 5.41) is 3.06. The van der Waals surface area contributed by atoms with E-state index in [0.29, 0.717) is 25.9 Å². The lowest BCUT2D eigenvalue weighted by molar-refractivity contribution is -0.142. The van der Waals surface area contributed by atoms with E-state index in [2.05, 4.69) is 10.2 Å². The Hall–Kier alpha value is -2.08. The highest BCUT2D eigenvalue weighted by molar-refractivity contribution is 5.92. The summed E-state index contributed by atoms with van der Waals surface area (Å²) in [6.45, 7) is 2.96. The number of nitrogens with zero attached hydrogens (tertiary/aromatic N) is 2. The van der Waals surface area contributed by atoms with Crippen LogP contribution in [0.15, 0.2) is 24.3 Å². The number of nitrogens with one attached hydrogen (secondary N) is 1. The predicted molar refractivity (Wildman–Crippen MR) is 103 cm³/mol. The van der Waals surface area contributed by atoms with Crippen LogP contribution in [0.3, 0.4) is 0 Å². The van der Waals surface area contributed by atoms with Crippen LogP contribution in [-0.2, 0) is 15.0 Å². The highest BCUT2D eigenvalue weighted by Crippen LogP contribution is 2.50. The second-order valence-electron chi connectivity index (χ2n) is 8.17. The maximum absolute atomic E-state index is 13.3. The summed E-state index contributed by atoms with van der Waals surface area (Å²) >= 11 is 0. The van der Waals surface area contributed by atoms with E-state index in [0.717, 1.165) is 43.7 Å². The summed E-state index contributed by atoms with van der Waals surface area (Å²) in [5.74, 6) is 1.16. The molecule has 3 aliphatic rings. The molecule has 1 aromatic carbocycles. The quantitative estimate of drug-likeness (QED) is 0.876. The molecule has 1 saturated carbocycles. The zero-order valence-corrected chi connectivity index (χ0v) is 16.3. The number of benzene rings is 1. The number of methoxy groups -OCH3 is 1. The van der Waals surface area contributed by atoms with Crippen molar-refractivity contribution in [3.8, 4) is 5.75 Å². The Morgan fingerprint density at radius 3 is 2.33 bits per heavy atom. The van der Waals surface area contributed by atoms with Crippen molar-refractivity contribution in [1.82, 2.24) is 15.1 Å². The molecule has 1 aromatic rings. The number of ether oxygens (including phenoxy) is 1. The van der Waals surface area contributed by atoms with Crippen molar-refractivity contribution in [3.63, 3.8) is 0 Å². The molecule has 2 amide bonds. The van der Waals surface area contributed by atoms with Crippen LogP contribution in [-0.4, -0.2) is 67.5 Å². The summed E-state index contributed by atoms with van der Waals surface area (Å²) in [5.41, 5.74) is 0.260. The average molecular weight is 371 g/mol. The third-order valence-corrected chi connectivity index (χ3v) is 6.79. The normalized spacial score (nSPS) is 24.2. The fraction of sp³-hybridized carbons (Fsp3) is 0.619. The minimum atomic E-state index is -0.454. The first-order chi connectivity index (χ1) is 13.0. The van der Waals surface area contributed by atoms with Crippen LogP contribution in [0, 0.1) is 0 Å². The molecule has 0 radical (unpaired) electrons. The molecule has 146 valence electrons. The van der Waals surface area contributed by atoms with Crippen LogP contribution < -0.4 is 10.1 Å². The van der Waals surface area contributed by atoms with Crippen LogP contribution in [0.25, 0.3) is 0 Å². The molecule has 1 spiro atoms. The molecule has 0 aromatic heterocycles. The second-order valence-corrected chi connectivity index (χ2v) is 8.17. The minimum Gasteiger partial charge on any atom is -0.497 e. The minimum absolute atomic E-state index is 0.130. The zero-order valence-electron chi connectivity index (χ0n) is 16.3. The van der Waals surface area contributed by atoms with Gasteiger partial charge >= 0.3 is 0 Å². The molecule has 4 rings (SSSR count). The van der Waals surface area contributed by atoms with Crippen LogP contribution >= 0.6 is 0 Å². The smallest absolute Gasteiger partial charge is 0.240 e. The van der Waals surface area contributed by atoms with Gasteiger partial charge in [0, 0.05) is 26.2 Å². The molecule has 2 aliphatic heterocycles. The van der Waals surface area contributed by atoms with Gasteiger partial charge in [-0.05, 0) is 56.8 Å². The number of piperidine rings is 1. The third-order valence-electron chi connectivity index (χ3n) is 6.79. The largest absolute Gasteiger partial charge is 0.497 e. The van der Waals surface area contributed by atoms with E-state index in [4.69, 9.17) is 4.74 Å². The molecule has 0 bridgehead atoms. The predicted octanol–water partition coefficient (Wildman–Crippen LogP) is 1.54. The van der Waals surface area contributed by atoms with Crippen molar-refractivity contribution in [3.05, 3.63) is 29.8 Å². The van der Waals surface area contributed by atoms with Crippen molar-refractivity contribution >= 4 is 11.8 Å². The van der Waals surface area contributed by atoms with Gasteiger partial charge in [-0.3, -0.25) is 14.5 Å². The molecule has 1 N–H and O–H groups in total. The first kappa shape index (κ1) is 18.3. The van der Waals surface area contributed by atoms with Crippen LogP contribution in [0.4, 0.5) is 0 Å². The number of likely N-dealkylation sites (N-methyl/N-ethyl adjacent to an activating group) is 1. The molecule has 6 heteroatoms. The van der Waals surface area contributed by atoms with Crippen molar-refractivity contribution in [2.45, 2.75) is 43.1 Å². The summed E-state index contributed by atoms with van der Waals surface area (Å²) in [7, 11) is 3.69. The molecule has 3 fully saturated rings. The first-order valence-electron chi connectivity index (χ1n) is 9.95. The number of likely N-dealkylation sites (tertiary alicyclic amines) is 1. The lowest BCUT2D eigenvalue weighted by Crippen LogP contribution is -2.62. The van der Waals surface area contributed by atoms with E-state index in [1.165, 1.54) is 0 Å². The highest BCUT2D eigenvalue weighted by Gasteiger charge is 2.55. The van der Waals surface area contributed by atoms with E-state index >= 15 is 0 Å². The Morgan fingerprint density at radius 2 is 1.74 bits per heavy atom. The molecule has 1 aliphatic carbocycles. The van der Waals surface area contributed by atoms with Crippen molar-refractivity contribution in [2.24, 2.45) is 0 Å². The molecule has 0 unspecified atom stereocenters. The standard InChI is InChI=1S/C21H29N3O3/c1-23-13-3-12-22-18(25)21(23)10-14-24(15-11-21)19(26)20(8-9-20)16-4-6-17(27-2)7-5-16/h4-7H,3,8-15H2,1-2H3,(H,22,25). The lowest BCUT2D eigenvalue weighted by atomic mass is 9.84. The summed E-state index contributed by atoms with van der Waals surface area (Å²) < 4.78 is 5.24. The van der Waals surface area contributed by atoms with E-state index < -0.39 is 5.54 Å². The average Bonchev–Trinajstić information content (AvgIpc) is 3.53. The van der Waals surface area contributed by atoms with Crippen molar-refractivity contribution in [1.29, 1.82) is 0 Å². The van der Waals surface area contributed by atoms with E-state index in [-0.39, 0.29) is 17.2 Å². The summed E-state index contributed by atoms with van der Waals surface area (Å²) in [4.78, 5) is 30.2. The van der Waals surface area contributed by atoms with Gasteiger partial charge in [-0.25, -0.2) is 0 Å². The molecule has 0 atom stereocenters. The van der Waals surface area contributed by atoms with Gasteiger partial charge < -0.3 is 15.0 Å². The van der Waals surface area contributed by atoms with E-state index in [1.807, 2.05) is 36.2 Å². The monoisotopic (exact) mass is 371 g/mol. The molecular formula is C21H29N3O3. The van der Waals surface area contributed by atoms with E-state index in [1.54, 1.807) is 7.11 Å². The number of carbonyl (C=O) groups is 2. The number of hydrogen-bond acceptors (Lipinski definition) is 4. The maximum atomic E-state index is 13.3. The Kier molecular flexibility index (Phi) is 4.62. The summed E-state index contributed by atoms with van der Waals surface area (Å²) in [6.07, 6.45) is 4.20. The van der Waals surface area contributed by atoms with Crippen molar-refractivity contribution in [2.75, 3.05) is 40.3 Å². The molecular weight excluding hydrogens is 342 g/mol. The fourth-order valence-corrected chi connectivity index (χ4v) is 4.72. The highest BCUT2D eigenvalue weighted by atomic mass is 16.5. The molecule has 2 saturated heterocycles. The maximum Gasteiger partial charge on any atom is 0.240 e. The Balaban J connectivity index is 1.47. The Bertz CT molecular complexity index is 719. The number of carbonyl (C=O) groups excluding carboxylic acids is 2. The summed E-state index contributed by atoms with van der Waals surface area (Å²) in [6, 6.07) is 7.89.